The molecule has 1 rings (SSSR count). The monoisotopic (exact) mass is 210 g/mol. The van der Waals surface area contributed by atoms with Gasteiger partial charge in [-0.25, -0.2) is 4.98 Å². The number of nitrogens with zero attached hydrogens (tertiary/aromatic N) is 1. The van der Waals surface area contributed by atoms with Crippen molar-refractivity contribution in [2.45, 2.75) is 18.9 Å². The lowest BCUT2D eigenvalue weighted by molar-refractivity contribution is 0.0955. The summed E-state index contributed by atoms with van der Waals surface area (Å²) in [5, 5.41) is 3.65. The number of rotatable bonds is 4. The van der Waals surface area contributed by atoms with E-state index in [1.807, 2.05) is 13.0 Å². The van der Waals surface area contributed by atoms with Gasteiger partial charge in [0.2, 0.25) is 0 Å². The first kappa shape index (κ1) is 11.0. The number of pyridine rings is 1. The fourth-order valence-electron chi connectivity index (χ4n) is 1.04. The summed E-state index contributed by atoms with van der Waals surface area (Å²) in [6, 6.07) is 3.55. The maximum absolute atomic E-state index is 11.5. The largest absolute Gasteiger partial charge is 0.352 e. The molecule has 1 aromatic heterocycles. The Morgan fingerprint density at radius 1 is 1.57 bits per heavy atom. The van der Waals surface area contributed by atoms with Crippen LogP contribution in [0.2, 0.25) is 0 Å². The van der Waals surface area contributed by atoms with E-state index in [9.17, 15) is 4.79 Å². The second-order valence-electron chi connectivity index (χ2n) is 2.68. The second-order valence-corrected chi connectivity index (χ2v) is 3.96. The van der Waals surface area contributed by atoms with E-state index in [-0.39, 0.29) is 5.91 Å². The molecule has 0 bridgehead atoms. The van der Waals surface area contributed by atoms with Crippen LogP contribution in [0.1, 0.15) is 24.2 Å². The molecule has 0 unspecified atom stereocenters. The van der Waals surface area contributed by atoms with Gasteiger partial charge in [0.15, 0.2) is 0 Å². The molecule has 4 heteroatoms. The molecule has 3 nitrogen and oxygen atoms in total. The van der Waals surface area contributed by atoms with Gasteiger partial charge in [-0.05, 0) is 24.8 Å². The van der Waals surface area contributed by atoms with Gasteiger partial charge in [0.05, 0.1) is 5.03 Å². The zero-order chi connectivity index (χ0) is 10.4. The summed E-state index contributed by atoms with van der Waals surface area (Å²) in [5.74, 6) is 0.930. The average Bonchev–Trinajstić information content (AvgIpc) is 2.19. The molecule has 1 aromatic rings. The standard InChI is InChI=1S/C10H14N2OS/c1-3-11-10(13)8-5-6-12-9(7-8)14-4-2/h5-7H,3-4H2,1-2H3,(H,11,13). The Bertz CT molecular complexity index is 315. The molecule has 0 saturated heterocycles. The highest BCUT2D eigenvalue weighted by Crippen LogP contribution is 2.15. The first-order chi connectivity index (χ1) is 6.77. The van der Waals surface area contributed by atoms with Crippen molar-refractivity contribution in [3.63, 3.8) is 0 Å². The van der Waals surface area contributed by atoms with Gasteiger partial charge in [-0.2, -0.15) is 0 Å². The maximum Gasteiger partial charge on any atom is 0.251 e. The maximum atomic E-state index is 11.5. The molecule has 0 aliphatic carbocycles. The number of amides is 1. The first-order valence-corrected chi connectivity index (χ1v) is 5.63. The van der Waals surface area contributed by atoms with Crippen LogP contribution in [0.15, 0.2) is 23.4 Å². The molecule has 0 aromatic carbocycles. The van der Waals surface area contributed by atoms with Crippen molar-refractivity contribution in [3.8, 4) is 0 Å². The highest BCUT2D eigenvalue weighted by molar-refractivity contribution is 7.99. The highest BCUT2D eigenvalue weighted by Gasteiger charge is 2.04. The minimum Gasteiger partial charge on any atom is -0.352 e. The lowest BCUT2D eigenvalue weighted by atomic mass is 10.2. The number of carbonyl (C=O) groups excluding carboxylic acids is 1. The number of aromatic nitrogens is 1. The zero-order valence-corrected chi connectivity index (χ0v) is 9.23. The van der Waals surface area contributed by atoms with Gasteiger partial charge in [0.25, 0.3) is 5.91 Å². The molecule has 0 aliphatic rings. The van der Waals surface area contributed by atoms with Crippen LogP contribution in [-0.4, -0.2) is 23.2 Å². The molecule has 0 aliphatic heterocycles. The van der Waals surface area contributed by atoms with Crippen LogP contribution < -0.4 is 5.32 Å². The molecule has 0 radical (unpaired) electrons. The summed E-state index contributed by atoms with van der Waals surface area (Å²) >= 11 is 1.63. The molecule has 1 amide bonds. The fraction of sp³-hybridized carbons (Fsp3) is 0.400. The van der Waals surface area contributed by atoms with Crippen molar-refractivity contribution in [2.75, 3.05) is 12.3 Å². The Hall–Kier alpha value is -1.03. The van der Waals surface area contributed by atoms with E-state index >= 15 is 0 Å². The predicted octanol–water partition coefficient (Wildman–Crippen LogP) is 1.94. The molecule has 1 heterocycles. The van der Waals surface area contributed by atoms with Crippen molar-refractivity contribution in [3.05, 3.63) is 23.9 Å². The highest BCUT2D eigenvalue weighted by atomic mass is 32.2. The Kier molecular flexibility index (Phi) is 4.46. The summed E-state index contributed by atoms with van der Waals surface area (Å²) < 4.78 is 0. The van der Waals surface area contributed by atoms with E-state index in [2.05, 4.69) is 17.2 Å². The molecule has 76 valence electrons. The van der Waals surface area contributed by atoms with Crippen molar-refractivity contribution in [1.82, 2.24) is 10.3 Å². The predicted molar refractivity (Wildman–Crippen MR) is 58.6 cm³/mol. The summed E-state index contributed by atoms with van der Waals surface area (Å²) in [6.45, 7) is 4.61. The number of carbonyl (C=O) groups is 1. The van der Waals surface area contributed by atoms with Crippen LogP contribution in [0.3, 0.4) is 0 Å². The Morgan fingerprint density at radius 2 is 2.36 bits per heavy atom. The van der Waals surface area contributed by atoms with Crippen molar-refractivity contribution < 1.29 is 4.79 Å². The van der Waals surface area contributed by atoms with Crippen LogP contribution in [0.25, 0.3) is 0 Å². The van der Waals surface area contributed by atoms with E-state index in [1.54, 1.807) is 24.0 Å². The first-order valence-electron chi connectivity index (χ1n) is 4.65. The average molecular weight is 210 g/mol. The number of nitrogens with one attached hydrogen (secondary N) is 1. The van der Waals surface area contributed by atoms with Crippen LogP contribution >= 0.6 is 11.8 Å². The summed E-state index contributed by atoms with van der Waals surface area (Å²) in [5.41, 5.74) is 0.679. The lowest BCUT2D eigenvalue weighted by Crippen LogP contribution is -2.22. The number of hydrogen-bond donors (Lipinski definition) is 1. The lowest BCUT2D eigenvalue weighted by Gasteiger charge is -2.03. The van der Waals surface area contributed by atoms with Gasteiger partial charge < -0.3 is 5.32 Å². The SMILES string of the molecule is CCNC(=O)c1ccnc(SCC)c1. The summed E-state index contributed by atoms with van der Waals surface area (Å²) in [7, 11) is 0. The molecule has 0 spiro atoms. The van der Waals surface area contributed by atoms with Crippen molar-refractivity contribution in [1.29, 1.82) is 0 Å². The minimum atomic E-state index is -0.0344. The van der Waals surface area contributed by atoms with Gasteiger partial charge in [-0.1, -0.05) is 6.92 Å². The molecule has 0 fully saturated rings. The topological polar surface area (TPSA) is 42.0 Å². The normalized spacial score (nSPS) is 9.86. The van der Waals surface area contributed by atoms with E-state index in [4.69, 9.17) is 0 Å². The van der Waals surface area contributed by atoms with Crippen LogP contribution in [0.5, 0.6) is 0 Å². The van der Waals surface area contributed by atoms with E-state index in [0.717, 1.165) is 10.8 Å². The molecule has 14 heavy (non-hydrogen) atoms. The van der Waals surface area contributed by atoms with Crippen LogP contribution in [0, 0.1) is 0 Å². The van der Waals surface area contributed by atoms with E-state index < -0.39 is 0 Å². The van der Waals surface area contributed by atoms with Gasteiger partial charge in [0.1, 0.15) is 0 Å². The molecule has 0 atom stereocenters. The van der Waals surface area contributed by atoms with E-state index in [1.165, 1.54) is 0 Å². The van der Waals surface area contributed by atoms with Crippen molar-refractivity contribution in [2.24, 2.45) is 0 Å². The van der Waals surface area contributed by atoms with E-state index in [0.29, 0.717) is 12.1 Å². The third-order valence-electron chi connectivity index (χ3n) is 1.63. The molecule has 1 N–H and O–H groups in total. The summed E-state index contributed by atoms with van der Waals surface area (Å²) in [4.78, 5) is 15.6. The van der Waals surface area contributed by atoms with Crippen LogP contribution in [0.4, 0.5) is 0 Å². The van der Waals surface area contributed by atoms with Gasteiger partial charge in [0, 0.05) is 18.3 Å². The molecular weight excluding hydrogens is 196 g/mol. The molecular formula is C10H14N2OS. The summed E-state index contributed by atoms with van der Waals surface area (Å²) in [6.07, 6.45) is 1.67. The minimum absolute atomic E-state index is 0.0344. The third-order valence-corrected chi connectivity index (χ3v) is 2.43. The van der Waals surface area contributed by atoms with Crippen LogP contribution in [-0.2, 0) is 0 Å². The smallest absolute Gasteiger partial charge is 0.251 e. The van der Waals surface area contributed by atoms with Gasteiger partial charge in [-0.3, -0.25) is 4.79 Å². The molecule has 0 saturated carbocycles. The van der Waals surface area contributed by atoms with Crippen molar-refractivity contribution >= 4 is 17.7 Å². The fourth-order valence-corrected chi connectivity index (χ4v) is 1.68. The van der Waals surface area contributed by atoms with Gasteiger partial charge >= 0.3 is 0 Å². The number of hydrogen-bond acceptors (Lipinski definition) is 3. The number of thioether (sulfide) groups is 1. The third kappa shape index (κ3) is 3.03. The Balaban J connectivity index is 2.77. The Labute approximate surface area is 88.3 Å². The quantitative estimate of drug-likeness (QED) is 0.772. The second kappa shape index (κ2) is 5.65. The van der Waals surface area contributed by atoms with Gasteiger partial charge in [-0.15, -0.1) is 11.8 Å². The zero-order valence-electron chi connectivity index (χ0n) is 8.41. The Morgan fingerprint density at radius 3 is 3.00 bits per heavy atom.